The first kappa shape index (κ1) is 13.7. The van der Waals surface area contributed by atoms with Crippen molar-refractivity contribution in [3.05, 3.63) is 11.5 Å². The molecule has 0 aromatic rings. The molecule has 3 heteroatoms. The molecule has 84 valence electrons. The molecule has 15 heavy (non-hydrogen) atoms. The molecule has 0 aliphatic heterocycles. The van der Waals surface area contributed by atoms with Crippen LogP contribution in [0.4, 0.5) is 4.39 Å². The first-order valence-electron chi connectivity index (χ1n) is 4.79. The van der Waals surface area contributed by atoms with Crippen molar-refractivity contribution >= 4 is 5.84 Å². The molecule has 0 spiro atoms. The van der Waals surface area contributed by atoms with Crippen LogP contribution in [-0.2, 0) is 0 Å². The highest BCUT2D eigenvalue weighted by Gasteiger charge is 2.23. The van der Waals surface area contributed by atoms with Gasteiger partial charge in [-0.25, -0.2) is 9.38 Å². The van der Waals surface area contributed by atoms with Crippen LogP contribution in [-0.4, -0.2) is 24.8 Å². The summed E-state index contributed by atoms with van der Waals surface area (Å²) in [6.07, 6.45) is 5.25. The predicted octanol–water partition coefficient (Wildman–Crippen LogP) is 2.83. The van der Waals surface area contributed by atoms with Crippen LogP contribution in [0.3, 0.4) is 0 Å². The summed E-state index contributed by atoms with van der Waals surface area (Å²) in [4.78, 5) is 5.96. The van der Waals surface area contributed by atoms with Gasteiger partial charge in [-0.3, -0.25) is 0 Å². The van der Waals surface area contributed by atoms with E-state index in [1.165, 1.54) is 0 Å². The molecular formula is C12H19FN2. The van der Waals surface area contributed by atoms with E-state index in [9.17, 15) is 4.39 Å². The van der Waals surface area contributed by atoms with Gasteiger partial charge >= 0.3 is 0 Å². The second kappa shape index (κ2) is 4.97. The average Bonchev–Trinajstić information content (AvgIpc) is 2.16. The molecule has 0 rings (SSSR count). The van der Waals surface area contributed by atoms with Gasteiger partial charge < -0.3 is 4.90 Å². The smallest absolute Gasteiger partial charge is 0.139 e. The van der Waals surface area contributed by atoms with E-state index in [2.05, 4.69) is 10.9 Å². The van der Waals surface area contributed by atoms with E-state index in [1.807, 2.05) is 25.9 Å². The molecule has 0 bridgehead atoms. The van der Waals surface area contributed by atoms with E-state index in [1.54, 1.807) is 20.8 Å². The Morgan fingerprint density at radius 3 is 2.13 bits per heavy atom. The van der Waals surface area contributed by atoms with Crippen LogP contribution in [0, 0.1) is 17.8 Å². The highest BCUT2D eigenvalue weighted by molar-refractivity contribution is 5.80. The Morgan fingerprint density at radius 1 is 1.33 bits per heavy atom. The van der Waals surface area contributed by atoms with Crippen LogP contribution in [0.15, 0.2) is 16.5 Å². The molecule has 0 unspecified atom stereocenters. The molecule has 0 saturated carbocycles. The highest BCUT2D eigenvalue weighted by atomic mass is 19.1. The monoisotopic (exact) mass is 210 g/mol. The van der Waals surface area contributed by atoms with Crippen LogP contribution >= 0.6 is 0 Å². The van der Waals surface area contributed by atoms with Gasteiger partial charge in [0, 0.05) is 14.1 Å². The average molecular weight is 210 g/mol. The fraction of sp³-hybridized carbons (Fsp3) is 0.583. The Hall–Kier alpha value is -1.30. The van der Waals surface area contributed by atoms with Crippen LogP contribution < -0.4 is 0 Å². The van der Waals surface area contributed by atoms with E-state index in [4.69, 9.17) is 6.42 Å². The lowest BCUT2D eigenvalue weighted by molar-refractivity contribution is 0.433. The summed E-state index contributed by atoms with van der Waals surface area (Å²) in [5.74, 6) is 2.80. The lowest BCUT2D eigenvalue weighted by atomic mass is 9.92. The zero-order chi connectivity index (χ0) is 12.2. The molecule has 0 N–H and O–H groups in total. The van der Waals surface area contributed by atoms with Crippen molar-refractivity contribution in [1.29, 1.82) is 0 Å². The zero-order valence-corrected chi connectivity index (χ0v) is 10.3. The fourth-order valence-electron chi connectivity index (χ4n) is 0.907. The Bertz CT molecular complexity index is 330. The van der Waals surface area contributed by atoms with Gasteiger partial charge in [-0.15, -0.1) is 6.42 Å². The second-order valence-corrected chi connectivity index (χ2v) is 4.22. The van der Waals surface area contributed by atoms with Gasteiger partial charge in [0.2, 0.25) is 0 Å². The van der Waals surface area contributed by atoms with Crippen molar-refractivity contribution in [1.82, 2.24) is 4.90 Å². The van der Waals surface area contributed by atoms with Gasteiger partial charge in [0.25, 0.3) is 0 Å². The van der Waals surface area contributed by atoms with E-state index < -0.39 is 5.41 Å². The van der Waals surface area contributed by atoms with E-state index in [0.29, 0.717) is 5.70 Å². The number of rotatable bonds is 2. The van der Waals surface area contributed by atoms with Crippen molar-refractivity contribution < 1.29 is 4.39 Å². The maximum Gasteiger partial charge on any atom is 0.139 e. The largest absolute Gasteiger partial charge is 0.366 e. The van der Waals surface area contributed by atoms with Crippen LogP contribution in [0.2, 0.25) is 0 Å². The summed E-state index contributed by atoms with van der Waals surface area (Å²) < 4.78 is 13.8. The normalized spacial score (nSPS) is 14.4. The summed E-state index contributed by atoms with van der Waals surface area (Å²) in [6.45, 7) is 6.76. The molecule has 0 aliphatic carbocycles. The van der Waals surface area contributed by atoms with Gasteiger partial charge in [0.15, 0.2) is 0 Å². The summed E-state index contributed by atoms with van der Waals surface area (Å²) in [6, 6.07) is 0. The van der Waals surface area contributed by atoms with Gasteiger partial charge in [0.05, 0.1) is 11.1 Å². The van der Waals surface area contributed by atoms with Crippen LogP contribution in [0.1, 0.15) is 27.7 Å². The number of hydrogen-bond donors (Lipinski definition) is 0. The predicted molar refractivity (Wildman–Crippen MR) is 63.2 cm³/mol. The third-order valence-electron chi connectivity index (χ3n) is 2.20. The number of aliphatic imine (C=N–C) groups is 1. The highest BCUT2D eigenvalue weighted by Crippen LogP contribution is 2.29. The van der Waals surface area contributed by atoms with E-state index in [0.717, 1.165) is 5.84 Å². The minimum atomic E-state index is -0.889. The third-order valence-corrected chi connectivity index (χ3v) is 2.20. The number of halogens is 1. The zero-order valence-electron chi connectivity index (χ0n) is 10.3. The van der Waals surface area contributed by atoms with Gasteiger partial charge in [-0.05, 0) is 27.7 Å². The maximum atomic E-state index is 13.8. The number of nitrogens with zero attached hydrogens (tertiary/aromatic N) is 2. The Kier molecular flexibility index (Phi) is 4.54. The van der Waals surface area contributed by atoms with Gasteiger partial charge in [-0.1, -0.05) is 5.92 Å². The summed E-state index contributed by atoms with van der Waals surface area (Å²) >= 11 is 0. The van der Waals surface area contributed by atoms with Crippen molar-refractivity contribution in [2.75, 3.05) is 14.1 Å². The summed E-state index contributed by atoms with van der Waals surface area (Å²) in [7, 11) is 3.71. The molecule has 0 atom stereocenters. The maximum absolute atomic E-state index is 13.8. The molecule has 0 aromatic carbocycles. The van der Waals surface area contributed by atoms with Crippen molar-refractivity contribution in [2.24, 2.45) is 10.4 Å². The molecule has 0 heterocycles. The lowest BCUT2D eigenvalue weighted by Crippen LogP contribution is -2.19. The quantitative estimate of drug-likeness (QED) is 0.389. The summed E-state index contributed by atoms with van der Waals surface area (Å²) in [5, 5.41) is 0. The number of allylic oxidation sites excluding steroid dienone is 2. The number of hydrogen-bond acceptors (Lipinski definition) is 1. The lowest BCUT2D eigenvalue weighted by Gasteiger charge is -2.17. The number of terminal acetylenes is 1. The molecule has 0 radical (unpaired) electrons. The van der Waals surface area contributed by atoms with Crippen molar-refractivity contribution in [3.8, 4) is 12.3 Å². The van der Waals surface area contributed by atoms with E-state index in [-0.39, 0.29) is 5.83 Å². The topological polar surface area (TPSA) is 15.6 Å². The second-order valence-electron chi connectivity index (χ2n) is 4.22. The first-order valence-corrected chi connectivity index (χ1v) is 4.79. The molecule has 0 saturated heterocycles. The molecule has 0 aliphatic rings. The van der Waals surface area contributed by atoms with Crippen molar-refractivity contribution in [3.63, 3.8) is 0 Å². The Labute approximate surface area is 91.9 Å². The first-order chi connectivity index (χ1) is 6.72. The summed E-state index contributed by atoms with van der Waals surface area (Å²) in [5.41, 5.74) is -0.552. The Morgan fingerprint density at radius 2 is 1.80 bits per heavy atom. The Balaban J connectivity index is 5.16. The fourth-order valence-corrected chi connectivity index (χ4v) is 0.907. The molecular weight excluding hydrogens is 191 g/mol. The SMILES string of the molecule is C#CC(C)(C)/C(F)=C(C)\N=C(/C)N(C)C. The van der Waals surface area contributed by atoms with Crippen LogP contribution in [0.25, 0.3) is 0 Å². The minimum absolute atomic E-state index is 0.337. The minimum Gasteiger partial charge on any atom is -0.366 e. The van der Waals surface area contributed by atoms with Crippen molar-refractivity contribution in [2.45, 2.75) is 27.7 Å². The van der Waals surface area contributed by atoms with Crippen LogP contribution in [0.5, 0.6) is 0 Å². The van der Waals surface area contributed by atoms with Gasteiger partial charge in [-0.2, -0.15) is 0 Å². The number of amidine groups is 1. The molecule has 0 aromatic heterocycles. The van der Waals surface area contributed by atoms with E-state index >= 15 is 0 Å². The third kappa shape index (κ3) is 3.75. The van der Waals surface area contributed by atoms with Gasteiger partial charge in [0.1, 0.15) is 11.7 Å². The molecule has 0 fully saturated rings. The molecule has 0 amide bonds. The standard InChI is InChI=1S/C12H19FN2/c1-8-12(4,5)11(13)9(2)14-10(3)15(6)7/h1H,2-7H3/b11-9+,14-10+. The molecule has 2 nitrogen and oxygen atoms in total.